The van der Waals surface area contributed by atoms with Crippen molar-refractivity contribution in [3.8, 4) is 0 Å². The van der Waals surface area contributed by atoms with Crippen LogP contribution in [-0.4, -0.2) is 43.7 Å². The van der Waals surface area contributed by atoms with Crippen LogP contribution in [0, 0.1) is 5.82 Å². The van der Waals surface area contributed by atoms with E-state index in [2.05, 4.69) is 22.3 Å². The van der Waals surface area contributed by atoms with Gasteiger partial charge in [0.05, 0.1) is 11.5 Å². The lowest BCUT2D eigenvalue weighted by Crippen LogP contribution is -2.50. The Kier molecular flexibility index (Phi) is 6.80. The summed E-state index contributed by atoms with van der Waals surface area (Å²) in [5, 5.41) is 3.21. The lowest BCUT2D eigenvalue weighted by molar-refractivity contribution is -0.131. The number of carbonyl (C=O) groups excluding carboxylic acids is 1. The molecule has 2 aliphatic rings. The smallest absolute Gasteiger partial charge is 0.231 e. The molecule has 2 aromatic carbocycles. The zero-order valence-corrected chi connectivity index (χ0v) is 17.5. The average Bonchev–Trinajstić information content (AvgIpc) is 2.81. The second kappa shape index (κ2) is 9.71. The zero-order chi connectivity index (χ0) is 20.8. The van der Waals surface area contributed by atoms with E-state index < -0.39 is 5.41 Å². The van der Waals surface area contributed by atoms with Gasteiger partial charge < -0.3 is 10.1 Å². The molecule has 0 aliphatic carbocycles. The molecule has 1 amide bonds. The van der Waals surface area contributed by atoms with E-state index in [-0.39, 0.29) is 17.8 Å². The van der Waals surface area contributed by atoms with Crippen molar-refractivity contribution in [1.82, 2.24) is 10.2 Å². The van der Waals surface area contributed by atoms with Crippen molar-refractivity contribution in [2.24, 2.45) is 0 Å². The van der Waals surface area contributed by atoms with Crippen LogP contribution >= 0.6 is 0 Å². The Bertz CT molecular complexity index is 830. The first-order valence-corrected chi connectivity index (χ1v) is 11.1. The number of amides is 1. The number of piperidine rings is 1. The molecule has 1 N–H and O–H groups in total. The quantitative estimate of drug-likeness (QED) is 0.775. The van der Waals surface area contributed by atoms with Gasteiger partial charge in [0.25, 0.3) is 0 Å². The number of nitrogens with one attached hydrogen (secondary N) is 1. The fourth-order valence-corrected chi connectivity index (χ4v) is 4.91. The second-order valence-electron chi connectivity index (χ2n) is 8.41. The zero-order valence-electron chi connectivity index (χ0n) is 17.5. The maximum atomic E-state index is 14.7. The largest absolute Gasteiger partial charge is 0.381 e. The van der Waals surface area contributed by atoms with Crippen LogP contribution in [0.5, 0.6) is 0 Å². The van der Waals surface area contributed by atoms with Gasteiger partial charge in [0.2, 0.25) is 5.91 Å². The summed E-state index contributed by atoms with van der Waals surface area (Å²) in [6.45, 7) is 3.55. The molecule has 0 radical (unpaired) electrons. The van der Waals surface area contributed by atoms with Crippen LogP contribution in [0.2, 0.25) is 0 Å². The maximum absolute atomic E-state index is 14.7. The van der Waals surface area contributed by atoms with Crippen molar-refractivity contribution in [2.45, 2.75) is 43.6 Å². The van der Waals surface area contributed by atoms with Crippen molar-refractivity contribution >= 4 is 5.91 Å². The monoisotopic (exact) mass is 410 g/mol. The Hall–Kier alpha value is -2.24. The number of ether oxygens (including phenoxy) is 1. The van der Waals surface area contributed by atoms with Crippen LogP contribution in [0.15, 0.2) is 54.6 Å². The lowest BCUT2D eigenvalue weighted by Gasteiger charge is -2.38. The predicted molar refractivity (Wildman–Crippen MR) is 116 cm³/mol. The fraction of sp³-hybridized carbons (Fsp3) is 0.480. The van der Waals surface area contributed by atoms with Crippen LogP contribution < -0.4 is 5.32 Å². The van der Waals surface area contributed by atoms with Crippen molar-refractivity contribution in [3.63, 3.8) is 0 Å². The summed E-state index contributed by atoms with van der Waals surface area (Å²) in [7, 11) is 0. The molecule has 0 saturated carbocycles. The van der Waals surface area contributed by atoms with E-state index in [1.807, 2.05) is 24.3 Å². The number of likely N-dealkylation sites (tertiary alicyclic amines) is 1. The van der Waals surface area contributed by atoms with Crippen LogP contribution in [-0.2, 0) is 14.9 Å². The van der Waals surface area contributed by atoms with Gasteiger partial charge in [0, 0.05) is 25.3 Å². The molecule has 2 heterocycles. The van der Waals surface area contributed by atoms with E-state index in [0.717, 1.165) is 13.1 Å². The van der Waals surface area contributed by atoms with Crippen LogP contribution in [0.3, 0.4) is 0 Å². The molecule has 2 aliphatic heterocycles. The van der Waals surface area contributed by atoms with Gasteiger partial charge in [-0.1, -0.05) is 55.0 Å². The highest BCUT2D eigenvalue weighted by Crippen LogP contribution is 2.37. The van der Waals surface area contributed by atoms with Crippen molar-refractivity contribution in [2.75, 3.05) is 32.8 Å². The molecule has 2 fully saturated rings. The highest BCUT2D eigenvalue weighted by molar-refractivity contribution is 5.88. The SMILES string of the molecule is O=C(NC[C@H](c1ccccc1)N1CCCCC1)C1(c2ccccc2F)CCOCC1. The first-order chi connectivity index (χ1) is 14.7. The summed E-state index contributed by atoms with van der Waals surface area (Å²) in [6.07, 6.45) is 4.64. The molecule has 5 heteroatoms. The molecule has 1 atom stereocenters. The highest BCUT2D eigenvalue weighted by Gasteiger charge is 2.43. The molecule has 4 rings (SSSR count). The molecule has 0 aromatic heterocycles. The average molecular weight is 411 g/mol. The summed E-state index contributed by atoms with van der Waals surface area (Å²) < 4.78 is 20.2. The van der Waals surface area contributed by atoms with Crippen LogP contribution in [0.1, 0.15) is 49.3 Å². The van der Waals surface area contributed by atoms with E-state index in [1.54, 1.807) is 12.1 Å². The molecular weight excluding hydrogens is 379 g/mol. The lowest BCUT2D eigenvalue weighted by atomic mass is 9.73. The Morgan fingerprint density at radius 2 is 1.67 bits per heavy atom. The number of benzene rings is 2. The molecule has 0 unspecified atom stereocenters. The number of carbonyl (C=O) groups is 1. The number of nitrogens with zero attached hydrogens (tertiary/aromatic N) is 1. The van der Waals surface area contributed by atoms with Gasteiger partial charge in [0.1, 0.15) is 5.82 Å². The van der Waals surface area contributed by atoms with Gasteiger partial charge in [0.15, 0.2) is 0 Å². The summed E-state index contributed by atoms with van der Waals surface area (Å²) >= 11 is 0. The molecule has 0 bridgehead atoms. The first kappa shape index (κ1) is 21.0. The summed E-state index contributed by atoms with van der Waals surface area (Å²) in [4.78, 5) is 16.0. The summed E-state index contributed by atoms with van der Waals surface area (Å²) in [6, 6.07) is 17.2. The number of halogens is 1. The summed E-state index contributed by atoms with van der Waals surface area (Å²) in [5.41, 5.74) is 0.832. The minimum absolute atomic E-state index is 0.0890. The summed E-state index contributed by atoms with van der Waals surface area (Å²) in [5.74, 6) is -0.404. The molecule has 160 valence electrons. The van der Waals surface area contributed by atoms with Crippen molar-refractivity contribution in [1.29, 1.82) is 0 Å². The highest BCUT2D eigenvalue weighted by atomic mass is 19.1. The van der Waals surface area contributed by atoms with Gasteiger partial charge in [-0.3, -0.25) is 9.69 Å². The molecular formula is C25H31FN2O2. The Balaban J connectivity index is 1.56. The number of hydrogen-bond donors (Lipinski definition) is 1. The van der Waals surface area contributed by atoms with Gasteiger partial charge in [-0.25, -0.2) is 4.39 Å². The minimum Gasteiger partial charge on any atom is -0.381 e. The molecule has 2 aromatic rings. The molecule has 0 spiro atoms. The van der Waals surface area contributed by atoms with Crippen molar-refractivity contribution in [3.05, 3.63) is 71.5 Å². The minimum atomic E-state index is -0.868. The third-order valence-electron chi connectivity index (χ3n) is 6.64. The second-order valence-corrected chi connectivity index (χ2v) is 8.41. The maximum Gasteiger partial charge on any atom is 0.231 e. The number of rotatable bonds is 6. The van der Waals surface area contributed by atoms with Crippen molar-refractivity contribution < 1.29 is 13.9 Å². The normalized spacial score (nSPS) is 20.4. The third kappa shape index (κ3) is 4.42. The fourth-order valence-electron chi connectivity index (χ4n) is 4.91. The Labute approximate surface area is 178 Å². The van der Waals surface area contributed by atoms with E-state index >= 15 is 0 Å². The Morgan fingerprint density at radius 1 is 1.00 bits per heavy atom. The van der Waals surface area contributed by atoms with Gasteiger partial charge in [-0.05, 0) is 50.4 Å². The Morgan fingerprint density at radius 3 is 2.37 bits per heavy atom. The van der Waals surface area contributed by atoms with E-state index in [1.165, 1.54) is 30.9 Å². The standard InChI is InChI=1S/C25H31FN2O2/c26-22-12-6-5-11-21(22)25(13-17-30-18-14-25)24(29)27-19-23(20-9-3-1-4-10-20)28-15-7-2-8-16-28/h1,3-6,9-12,23H,2,7-8,13-19H2,(H,27,29)/t23-/m1/s1. The molecule has 30 heavy (non-hydrogen) atoms. The van der Waals surface area contributed by atoms with Gasteiger partial charge >= 0.3 is 0 Å². The predicted octanol–water partition coefficient (Wildman–Crippen LogP) is 4.22. The van der Waals surface area contributed by atoms with E-state index in [9.17, 15) is 9.18 Å². The van der Waals surface area contributed by atoms with E-state index in [0.29, 0.717) is 38.2 Å². The first-order valence-electron chi connectivity index (χ1n) is 11.1. The van der Waals surface area contributed by atoms with Crippen LogP contribution in [0.4, 0.5) is 4.39 Å². The number of hydrogen-bond acceptors (Lipinski definition) is 3. The van der Waals surface area contributed by atoms with E-state index in [4.69, 9.17) is 4.74 Å². The van der Waals surface area contributed by atoms with Gasteiger partial charge in [-0.2, -0.15) is 0 Å². The molecule has 2 saturated heterocycles. The van der Waals surface area contributed by atoms with Crippen LogP contribution in [0.25, 0.3) is 0 Å². The molecule has 4 nitrogen and oxygen atoms in total. The third-order valence-corrected chi connectivity index (χ3v) is 6.64. The topological polar surface area (TPSA) is 41.6 Å². The van der Waals surface area contributed by atoms with Gasteiger partial charge in [-0.15, -0.1) is 0 Å².